The average molecular weight is 411 g/mol. The molecule has 1 aliphatic rings. The molecule has 0 aliphatic carbocycles. The second-order valence-electron chi connectivity index (χ2n) is 7.38. The van der Waals surface area contributed by atoms with Crippen molar-refractivity contribution in [1.29, 1.82) is 0 Å². The van der Waals surface area contributed by atoms with E-state index in [0.29, 0.717) is 18.1 Å². The van der Waals surface area contributed by atoms with Crippen LogP contribution in [0.15, 0.2) is 54.6 Å². The van der Waals surface area contributed by atoms with Gasteiger partial charge >= 0.3 is 0 Å². The number of para-hydroxylation sites is 1. The van der Waals surface area contributed by atoms with Crippen molar-refractivity contribution in [3.05, 3.63) is 70.8 Å². The summed E-state index contributed by atoms with van der Waals surface area (Å²) in [5, 5.41) is 3.73. The van der Waals surface area contributed by atoms with Gasteiger partial charge in [-0.2, -0.15) is 0 Å². The summed E-state index contributed by atoms with van der Waals surface area (Å²) >= 11 is 6.18. The van der Waals surface area contributed by atoms with Crippen molar-refractivity contribution in [3.8, 4) is 0 Å². The highest BCUT2D eigenvalue weighted by atomic mass is 35.5. The van der Waals surface area contributed by atoms with E-state index >= 15 is 0 Å². The number of hydrogen-bond acceptors (Lipinski definition) is 2. The molecule has 0 radical (unpaired) electrons. The highest BCUT2D eigenvalue weighted by Crippen LogP contribution is 2.27. The number of amides is 2. The van der Waals surface area contributed by atoms with Crippen LogP contribution < -0.4 is 10.2 Å². The van der Waals surface area contributed by atoms with E-state index < -0.39 is 0 Å². The largest absolute Gasteiger partial charge is 0.355 e. The quantitative estimate of drug-likeness (QED) is 0.698. The zero-order chi connectivity index (χ0) is 20.8. The lowest BCUT2D eigenvalue weighted by Crippen LogP contribution is -2.33. The van der Waals surface area contributed by atoms with Crippen LogP contribution in [-0.4, -0.2) is 24.9 Å². The molecule has 1 saturated heterocycles. The molecule has 4 nitrogen and oxygen atoms in total. The van der Waals surface area contributed by atoms with Crippen LogP contribution in [0.3, 0.4) is 0 Å². The molecular weight excluding hydrogens is 384 g/mol. The van der Waals surface area contributed by atoms with Crippen LogP contribution in [-0.2, 0) is 9.59 Å². The molecule has 5 heteroatoms. The molecule has 1 N–H and O–H groups in total. The Morgan fingerprint density at radius 1 is 1.24 bits per heavy atom. The lowest BCUT2D eigenvalue weighted by Gasteiger charge is -2.17. The number of carbonyl (C=O) groups excluding carboxylic acids is 2. The number of allylic oxidation sites excluding steroid dienone is 1. The van der Waals surface area contributed by atoms with E-state index in [1.807, 2.05) is 48.5 Å². The minimum absolute atomic E-state index is 0.00234. The van der Waals surface area contributed by atoms with Gasteiger partial charge in [0.25, 0.3) is 0 Å². The van der Waals surface area contributed by atoms with E-state index in [-0.39, 0.29) is 24.2 Å². The van der Waals surface area contributed by atoms with Crippen LogP contribution in [0.1, 0.15) is 37.3 Å². The molecule has 2 aromatic rings. The standard InChI is InChI=1S/C24H27ClN2O2/c1-3-7-18(22-15-20(25)11-10-17(22)2)12-13-26-24(29)19-14-23(28)27(16-19)21-8-5-4-6-9-21/h4-11,15,19H,3,12-14,16H2,1-2H3,(H,26,29)/b18-7-. The maximum atomic E-state index is 12.6. The Hall–Kier alpha value is -2.59. The van der Waals surface area contributed by atoms with Gasteiger partial charge in [0.1, 0.15) is 0 Å². The van der Waals surface area contributed by atoms with Crippen molar-refractivity contribution in [1.82, 2.24) is 5.32 Å². The first-order valence-electron chi connectivity index (χ1n) is 10.1. The second kappa shape index (κ2) is 9.75. The molecule has 2 amide bonds. The molecule has 0 spiro atoms. The number of anilines is 1. The Labute approximate surface area is 177 Å². The van der Waals surface area contributed by atoms with Gasteiger partial charge in [-0.25, -0.2) is 0 Å². The maximum absolute atomic E-state index is 12.6. The maximum Gasteiger partial charge on any atom is 0.227 e. The van der Waals surface area contributed by atoms with Crippen LogP contribution in [0.2, 0.25) is 5.02 Å². The number of nitrogens with one attached hydrogen (secondary N) is 1. The summed E-state index contributed by atoms with van der Waals surface area (Å²) in [6, 6.07) is 15.4. The van der Waals surface area contributed by atoms with E-state index in [9.17, 15) is 9.59 Å². The fraction of sp³-hybridized carbons (Fsp3) is 0.333. The molecule has 0 aromatic heterocycles. The number of hydrogen-bond donors (Lipinski definition) is 1. The van der Waals surface area contributed by atoms with Crippen molar-refractivity contribution in [2.24, 2.45) is 5.92 Å². The molecule has 1 fully saturated rings. The zero-order valence-electron chi connectivity index (χ0n) is 17.0. The van der Waals surface area contributed by atoms with E-state index in [1.165, 1.54) is 11.1 Å². The van der Waals surface area contributed by atoms with Gasteiger partial charge in [-0.05, 0) is 60.7 Å². The lowest BCUT2D eigenvalue weighted by molar-refractivity contribution is -0.126. The Kier molecular flexibility index (Phi) is 7.10. The molecule has 0 saturated carbocycles. The zero-order valence-corrected chi connectivity index (χ0v) is 17.7. The topological polar surface area (TPSA) is 49.4 Å². The van der Waals surface area contributed by atoms with Gasteiger partial charge in [-0.15, -0.1) is 0 Å². The van der Waals surface area contributed by atoms with Gasteiger partial charge in [0.2, 0.25) is 11.8 Å². The fourth-order valence-corrected chi connectivity index (χ4v) is 3.91. The molecule has 3 rings (SSSR count). The Morgan fingerprint density at radius 3 is 2.72 bits per heavy atom. The van der Waals surface area contributed by atoms with Gasteiger partial charge in [0, 0.05) is 30.2 Å². The third kappa shape index (κ3) is 5.27. The van der Waals surface area contributed by atoms with E-state index in [0.717, 1.165) is 24.1 Å². The molecule has 1 atom stereocenters. The Morgan fingerprint density at radius 2 is 2.00 bits per heavy atom. The summed E-state index contributed by atoms with van der Waals surface area (Å²) in [6.07, 6.45) is 4.08. The minimum Gasteiger partial charge on any atom is -0.355 e. The summed E-state index contributed by atoms with van der Waals surface area (Å²) in [5.74, 6) is -0.373. The van der Waals surface area contributed by atoms with Gasteiger partial charge in [-0.3, -0.25) is 9.59 Å². The van der Waals surface area contributed by atoms with Crippen LogP contribution in [0.5, 0.6) is 0 Å². The van der Waals surface area contributed by atoms with Gasteiger partial charge in [0.15, 0.2) is 0 Å². The van der Waals surface area contributed by atoms with Crippen LogP contribution in [0.25, 0.3) is 5.57 Å². The summed E-state index contributed by atoms with van der Waals surface area (Å²) in [4.78, 5) is 26.7. The normalized spacial score (nSPS) is 16.9. The minimum atomic E-state index is -0.311. The van der Waals surface area contributed by atoms with Crippen molar-refractivity contribution in [3.63, 3.8) is 0 Å². The van der Waals surface area contributed by atoms with Gasteiger partial charge in [-0.1, -0.05) is 48.9 Å². The highest BCUT2D eigenvalue weighted by molar-refractivity contribution is 6.30. The van der Waals surface area contributed by atoms with Gasteiger partial charge < -0.3 is 10.2 Å². The summed E-state index contributed by atoms with van der Waals surface area (Å²) in [7, 11) is 0. The molecular formula is C24H27ClN2O2. The van der Waals surface area contributed by atoms with Gasteiger partial charge in [0.05, 0.1) is 5.92 Å². The predicted octanol–water partition coefficient (Wildman–Crippen LogP) is 5.00. The number of aryl methyl sites for hydroxylation is 1. The lowest BCUT2D eigenvalue weighted by atomic mass is 9.97. The number of rotatable bonds is 7. The van der Waals surface area contributed by atoms with E-state index in [2.05, 4.69) is 25.2 Å². The van der Waals surface area contributed by atoms with Crippen molar-refractivity contribution < 1.29 is 9.59 Å². The van der Waals surface area contributed by atoms with Crippen LogP contribution in [0.4, 0.5) is 5.69 Å². The van der Waals surface area contributed by atoms with Crippen molar-refractivity contribution in [2.75, 3.05) is 18.0 Å². The number of nitrogens with zero attached hydrogens (tertiary/aromatic N) is 1. The molecule has 1 heterocycles. The van der Waals surface area contributed by atoms with Crippen LogP contribution >= 0.6 is 11.6 Å². The first-order valence-corrected chi connectivity index (χ1v) is 10.5. The first-order chi connectivity index (χ1) is 14.0. The molecule has 1 unspecified atom stereocenters. The van der Waals surface area contributed by atoms with Crippen LogP contribution in [0, 0.1) is 12.8 Å². The molecule has 2 aromatic carbocycles. The Bertz CT molecular complexity index is 908. The second-order valence-corrected chi connectivity index (χ2v) is 7.82. The monoisotopic (exact) mass is 410 g/mol. The summed E-state index contributed by atoms with van der Waals surface area (Å²) < 4.78 is 0. The van der Waals surface area contributed by atoms with Crippen molar-refractivity contribution >= 4 is 34.7 Å². The first kappa shape index (κ1) is 21.1. The highest BCUT2D eigenvalue weighted by Gasteiger charge is 2.34. The Balaban J connectivity index is 1.58. The fourth-order valence-electron chi connectivity index (χ4n) is 3.74. The summed E-state index contributed by atoms with van der Waals surface area (Å²) in [5.41, 5.74) is 4.32. The van der Waals surface area contributed by atoms with E-state index in [4.69, 9.17) is 11.6 Å². The predicted molar refractivity (Wildman–Crippen MR) is 119 cm³/mol. The third-order valence-corrected chi connectivity index (χ3v) is 5.49. The molecule has 1 aliphatic heterocycles. The number of carbonyl (C=O) groups is 2. The molecule has 29 heavy (non-hydrogen) atoms. The SMILES string of the molecule is CC/C=C(/CCNC(=O)C1CC(=O)N(c2ccccc2)C1)c1cc(Cl)ccc1C. The smallest absolute Gasteiger partial charge is 0.227 e. The van der Waals surface area contributed by atoms with Crippen molar-refractivity contribution in [2.45, 2.75) is 33.1 Å². The number of halogens is 1. The molecule has 152 valence electrons. The average Bonchev–Trinajstić information content (AvgIpc) is 3.11. The third-order valence-electron chi connectivity index (χ3n) is 5.25. The summed E-state index contributed by atoms with van der Waals surface area (Å²) in [6.45, 7) is 5.13. The number of benzene rings is 2. The van der Waals surface area contributed by atoms with E-state index in [1.54, 1.807) is 4.90 Å². The molecule has 0 bridgehead atoms.